The van der Waals surface area contributed by atoms with Crippen LogP contribution in [0.4, 0.5) is 0 Å². The first-order chi connectivity index (χ1) is 8.32. The highest BCUT2D eigenvalue weighted by Crippen LogP contribution is 2.56. The van der Waals surface area contributed by atoms with Crippen molar-refractivity contribution >= 4 is 11.1 Å². The summed E-state index contributed by atoms with van der Waals surface area (Å²) < 4.78 is 5.65. The molecule has 1 saturated heterocycles. The molecule has 0 bridgehead atoms. The van der Waals surface area contributed by atoms with Gasteiger partial charge in [0.25, 0.3) is 0 Å². The summed E-state index contributed by atoms with van der Waals surface area (Å²) in [6, 6.07) is 6.53. The minimum atomic E-state index is 0.416. The van der Waals surface area contributed by atoms with Gasteiger partial charge in [-0.05, 0) is 36.6 Å². The zero-order chi connectivity index (χ0) is 11.5. The van der Waals surface area contributed by atoms with E-state index in [0.717, 1.165) is 35.9 Å². The molecule has 17 heavy (non-hydrogen) atoms. The van der Waals surface area contributed by atoms with Crippen LogP contribution in [0.5, 0.6) is 0 Å². The molecule has 1 N–H and O–H groups in total. The zero-order valence-corrected chi connectivity index (χ0v) is 9.99. The lowest BCUT2D eigenvalue weighted by Gasteiger charge is -2.11. The van der Waals surface area contributed by atoms with Crippen LogP contribution in [0.3, 0.4) is 0 Å². The molecule has 0 amide bonds. The van der Waals surface area contributed by atoms with Crippen LogP contribution < -0.4 is 5.32 Å². The molecule has 0 spiro atoms. The predicted molar refractivity (Wildman–Crippen MR) is 66.0 cm³/mol. The van der Waals surface area contributed by atoms with Crippen LogP contribution in [0.1, 0.15) is 24.8 Å². The molecule has 1 aromatic carbocycles. The van der Waals surface area contributed by atoms with E-state index in [-0.39, 0.29) is 0 Å². The number of hydrogen-bond donors (Lipinski definition) is 1. The summed E-state index contributed by atoms with van der Waals surface area (Å²) in [5.74, 6) is 1.68. The summed E-state index contributed by atoms with van der Waals surface area (Å²) in [6.07, 6.45) is 2.20. The first-order valence-electron chi connectivity index (χ1n) is 6.42. The second-order valence-corrected chi connectivity index (χ2v) is 5.33. The van der Waals surface area contributed by atoms with Crippen molar-refractivity contribution in [1.29, 1.82) is 0 Å². The molecule has 3 heteroatoms. The number of nitrogens with zero attached hydrogens (tertiary/aromatic N) is 1. The van der Waals surface area contributed by atoms with Gasteiger partial charge in [-0.1, -0.05) is 13.0 Å². The maximum absolute atomic E-state index is 5.65. The Balaban J connectivity index is 1.82. The molecule has 0 radical (unpaired) electrons. The van der Waals surface area contributed by atoms with Gasteiger partial charge in [0.15, 0.2) is 11.5 Å². The molecule has 1 saturated carbocycles. The number of fused-ring (bicyclic) bond motifs is 2. The van der Waals surface area contributed by atoms with Crippen LogP contribution in [0.15, 0.2) is 22.6 Å². The molecule has 88 valence electrons. The van der Waals surface area contributed by atoms with Crippen LogP contribution in [0, 0.1) is 5.92 Å². The van der Waals surface area contributed by atoms with Crippen LogP contribution in [0.2, 0.25) is 0 Å². The average molecular weight is 228 g/mol. The molecule has 2 heterocycles. The van der Waals surface area contributed by atoms with Gasteiger partial charge in [-0.25, -0.2) is 4.98 Å². The summed E-state index contributed by atoms with van der Waals surface area (Å²) in [6.45, 7) is 4.38. The lowest BCUT2D eigenvalue weighted by atomic mass is 9.95. The molecule has 3 nitrogen and oxygen atoms in total. The van der Waals surface area contributed by atoms with Gasteiger partial charge < -0.3 is 9.73 Å². The molecule has 2 unspecified atom stereocenters. The monoisotopic (exact) mass is 228 g/mol. The molecule has 1 aliphatic carbocycles. The minimum Gasteiger partial charge on any atom is -0.441 e. The second kappa shape index (κ2) is 3.10. The van der Waals surface area contributed by atoms with Gasteiger partial charge >= 0.3 is 0 Å². The zero-order valence-electron chi connectivity index (χ0n) is 9.99. The van der Waals surface area contributed by atoms with Gasteiger partial charge in [-0.2, -0.15) is 0 Å². The van der Waals surface area contributed by atoms with E-state index >= 15 is 0 Å². The van der Waals surface area contributed by atoms with E-state index in [9.17, 15) is 0 Å². The summed E-state index contributed by atoms with van der Waals surface area (Å²) >= 11 is 0. The van der Waals surface area contributed by atoms with E-state index in [4.69, 9.17) is 4.42 Å². The van der Waals surface area contributed by atoms with Gasteiger partial charge in [-0.3, -0.25) is 0 Å². The van der Waals surface area contributed by atoms with Crippen molar-refractivity contribution in [2.75, 3.05) is 13.1 Å². The Morgan fingerprint density at radius 1 is 1.53 bits per heavy atom. The van der Waals surface area contributed by atoms with E-state index in [1.54, 1.807) is 0 Å². The van der Waals surface area contributed by atoms with E-state index in [1.165, 1.54) is 18.5 Å². The Labute approximate surface area is 100 Å². The summed E-state index contributed by atoms with van der Waals surface area (Å²) in [5.41, 5.74) is 3.80. The number of rotatable bonds is 2. The van der Waals surface area contributed by atoms with Gasteiger partial charge in [0.05, 0.1) is 0 Å². The minimum absolute atomic E-state index is 0.416. The highest BCUT2D eigenvalue weighted by molar-refractivity contribution is 5.74. The Morgan fingerprint density at radius 2 is 2.47 bits per heavy atom. The Kier molecular flexibility index (Phi) is 1.76. The lowest BCUT2D eigenvalue weighted by Crippen LogP contribution is -2.19. The maximum atomic E-state index is 5.65. The number of aromatic nitrogens is 1. The number of nitrogens with one attached hydrogen (secondary N) is 1. The quantitative estimate of drug-likeness (QED) is 0.856. The normalized spacial score (nSPS) is 30.8. The largest absolute Gasteiger partial charge is 0.441 e. The van der Waals surface area contributed by atoms with Crippen molar-refractivity contribution in [2.45, 2.75) is 25.2 Å². The highest BCUT2D eigenvalue weighted by Gasteiger charge is 2.58. The second-order valence-electron chi connectivity index (χ2n) is 5.33. The number of oxazole rings is 1. The average Bonchev–Trinajstić information content (AvgIpc) is 2.77. The van der Waals surface area contributed by atoms with E-state index in [1.807, 2.05) is 0 Å². The molecule has 1 aliphatic heterocycles. The fourth-order valence-electron chi connectivity index (χ4n) is 3.23. The third-order valence-electron chi connectivity index (χ3n) is 4.37. The fraction of sp³-hybridized carbons (Fsp3) is 0.500. The summed E-state index contributed by atoms with van der Waals surface area (Å²) in [5, 5.41) is 3.48. The van der Waals surface area contributed by atoms with Crippen molar-refractivity contribution in [3.05, 3.63) is 29.7 Å². The topological polar surface area (TPSA) is 38.1 Å². The third-order valence-corrected chi connectivity index (χ3v) is 4.37. The number of aryl methyl sites for hydroxylation is 1. The van der Waals surface area contributed by atoms with Crippen molar-refractivity contribution in [1.82, 2.24) is 10.3 Å². The molecular formula is C14H16N2O. The first-order valence-corrected chi connectivity index (χ1v) is 6.42. The van der Waals surface area contributed by atoms with Crippen LogP contribution >= 0.6 is 0 Å². The van der Waals surface area contributed by atoms with Crippen LogP contribution in [0.25, 0.3) is 11.1 Å². The Bertz CT molecular complexity index is 589. The van der Waals surface area contributed by atoms with Crippen molar-refractivity contribution in [3.63, 3.8) is 0 Å². The van der Waals surface area contributed by atoms with Crippen LogP contribution in [-0.4, -0.2) is 18.1 Å². The molecule has 2 atom stereocenters. The van der Waals surface area contributed by atoms with Gasteiger partial charge in [0, 0.05) is 18.4 Å². The summed E-state index contributed by atoms with van der Waals surface area (Å²) in [7, 11) is 0. The lowest BCUT2D eigenvalue weighted by molar-refractivity contribution is 0.538. The predicted octanol–water partition coefficient (Wildman–Crippen LogP) is 2.25. The van der Waals surface area contributed by atoms with Gasteiger partial charge in [0.1, 0.15) is 5.52 Å². The van der Waals surface area contributed by atoms with Crippen molar-refractivity contribution in [3.8, 4) is 0 Å². The molecular weight excluding hydrogens is 212 g/mol. The van der Waals surface area contributed by atoms with Crippen molar-refractivity contribution in [2.24, 2.45) is 5.92 Å². The highest BCUT2D eigenvalue weighted by atomic mass is 16.3. The third kappa shape index (κ3) is 1.23. The standard InChI is InChI=1S/C14H16N2O/c1-2-13-16-11-5-9(3-4-12(11)17-13)14-6-10(14)7-15-8-14/h3-5,10,15H,2,6-8H2,1H3. The number of hydrogen-bond acceptors (Lipinski definition) is 3. The van der Waals surface area contributed by atoms with E-state index < -0.39 is 0 Å². The molecule has 2 aliphatic rings. The smallest absolute Gasteiger partial charge is 0.195 e. The number of benzene rings is 1. The van der Waals surface area contributed by atoms with E-state index in [0.29, 0.717) is 5.41 Å². The van der Waals surface area contributed by atoms with E-state index in [2.05, 4.69) is 35.4 Å². The fourth-order valence-corrected chi connectivity index (χ4v) is 3.23. The maximum Gasteiger partial charge on any atom is 0.195 e. The number of piperidine rings is 1. The van der Waals surface area contributed by atoms with Gasteiger partial charge in [-0.15, -0.1) is 0 Å². The molecule has 1 aromatic heterocycles. The SMILES string of the molecule is CCc1nc2cc(C34CNCC3C4)ccc2o1. The first kappa shape index (κ1) is 9.66. The molecule has 2 aromatic rings. The summed E-state index contributed by atoms with van der Waals surface area (Å²) in [4.78, 5) is 4.53. The molecule has 2 fully saturated rings. The Hall–Kier alpha value is -1.35. The van der Waals surface area contributed by atoms with Crippen molar-refractivity contribution < 1.29 is 4.42 Å². The van der Waals surface area contributed by atoms with Gasteiger partial charge in [0.2, 0.25) is 0 Å². The Morgan fingerprint density at radius 3 is 3.18 bits per heavy atom. The van der Waals surface area contributed by atoms with Crippen LogP contribution in [-0.2, 0) is 11.8 Å². The molecule has 4 rings (SSSR count).